The maximum atomic E-state index is 12.8. The Kier molecular flexibility index (Phi) is 2.55. The van der Waals surface area contributed by atoms with Crippen molar-refractivity contribution in [3.05, 3.63) is 29.3 Å². The lowest BCUT2D eigenvalue weighted by atomic mass is 10.1. The van der Waals surface area contributed by atoms with E-state index >= 15 is 0 Å². The van der Waals surface area contributed by atoms with E-state index < -0.39 is 29.7 Å². The summed E-state index contributed by atoms with van der Waals surface area (Å²) in [7, 11) is 0. The smallest absolute Gasteiger partial charge is 0.199 e. The molecule has 70 valence electrons. The highest BCUT2D eigenvalue weighted by atomic mass is 19.1. The average molecular weight is 189 g/mol. The molecule has 2 nitrogen and oxygen atoms in total. The molecule has 0 saturated heterocycles. The largest absolute Gasteiger partial charge is 0.399 e. The van der Waals surface area contributed by atoms with Crippen molar-refractivity contribution >= 4 is 11.5 Å². The first-order chi connectivity index (χ1) is 6.06. The number of halogens is 3. The molecule has 0 radical (unpaired) electrons. The number of nitrogen functional groups attached to an aromatic ring is 1. The highest BCUT2D eigenvalue weighted by molar-refractivity contribution is 5.97. The van der Waals surface area contributed by atoms with Crippen LogP contribution in [0.4, 0.5) is 18.9 Å². The molecule has 0 saturated carbocycles. The van der Waals surface area contributed by atoms with Gasteiger partial charge in [-0.1, -0.05) is 0 Å². The SMILES string of the molecule is Nc1cc(F)c(C(=O)CF)c(F)c1. The quantitative estimate of drug-likeness (QED) is 0.568. The van der Waals surface area contributed by atoms with Gasteiger partial charge in [-0.25, -0.2) is 13.2 Å². The van der Waals surface area contributed by atoms with Gasteiger partial charge in [-0.15, -0.1) is 0 Å². The number of nitrogens with two attached hydrogens (primary N) is 1. The van der Waals surface area contributed by atoms with Crippen molar-refractivity contribution in [3.63, 3.8) is 0 Å². The number of carbonyl (C=O) groups is 1. The third kappa shape index (κ3) is 1.80. The number of rotatable bonds is 2. The summed E-state index contributed by atoms with van der Waals surface area (Å²) < 4.78 is 37.5. The summed E-state index contributed by atoms with van der Waals surface area (Å²) in [5.41, 5.74) is 4.06. The molecule has 0 atom stereocenters. The Labute approximate surface area is 72.2 Å². The molecule has 0 fully saturated rings. The van der Waals surface area contributed by atoms with Crippen molar-refractivity contribution in [1.82, 2.24) is 0 Å². The van der Waals surface area contributed by atoms with Crippen molar-refractivity contribution < 1.29 is 18.0 Å². The third-order valence-corrected chi connectivity index (χ3v) is 1.46. The van der Waals surface area contributed by atoms with Crippen molar-refractivity contribution in [1.29, 1.82) is 0 Å². The second-order valence-corrected chi connectivity index (χ2v) is 2.42. The lowest BCUT2D eigenvalue weighted by Crippen LogP contribution is -2.08. The molecule has 0 unspecified atom stereocenters. The Morgan fingerprint density at radius 1 is 1.31 bits per heavy atom. The molecule has 2 N–H and O–H groups in total. The predicted molar refractivity (Wildman–Crippen MR) is 41.1 cm³/mol. The van der Waals surface area contributed by atoms with Gasteiger partial charge in [0.2, 0.25) is 0 Å². The molecule has 0 spiro atoms. The van der Waals surface area contributed by atoms with Crippen LogP contribution in [-0.2, 0) is 0 Å². The second-order valence-electron chi connectivity index (χ2n) is 2.42. The van der Waals surface area contributed by atoms with Gasteiger partial charge in [0.15, 0.2) is 12.5 Å². The van der Waals surface area contributed by atoms with Crippen LogP contribution in [0.3, 0.4) is 0 Å². The number of carbonyl (C=O) groups excluding carboxylic acids is 1. The van der Waals surface area contributed by atoms with E-state index in [0.29, 0.717) is 0 Å². The fraction of sp³-hybridized carbons (Fsp3) is 0.125. The van der Waals surface area contributed by atoms with E-state index in [1.54, 1.807) is 0 Å². The van der Waals surface area contributed by atoms with Crippen LogP contribution in [0.15, 0.2) is 12.1 Å². The minimum Gasteiger partial charge on any atom is -0.399 e. The minimum absolute atomic E-state index is 0.148. The number of anilines is 1. The highest BCUT2D eigenvalue weighted by Crippen LogP contribution is 2.17. The van der Waals surface area contributed by atoms with E-state index in [4.69, 9.17) is 5.73 Å². The van der Waals surface area contributed by atoms with E-state index in [9.17, 15) is 18.0 Å². The minimum atomic E-state index is -1.43. The molecule has 13 heavy (non-hydrogen) atoms. The number of hydrogen-bond donors (Lipinski definition) is 1. The van der Waals surface area contributed by atoms with Crippen LogP contribution in [0.2, 0.25) is 0 Å². The van der Waals surface area contributed by atoms with Crippen LogP contribution < -0.4 is 5.73 Å². The fourth-order valence-electron chi connectivity index (χ4n) is 0.926. The van der Waals surface area contributed by atoms with Gasteiger partial charge in [-0.3, -0.25) is 4.79 Å². The topological polar surface area (TPSA) is 43.1 Å². The van der Waals surface area contributed by atoms with E-state index in [2.05, 4.69) is 0 Å². The summed E-state index contributed by atoms with van der Waals surface area (Å²) in [4.78, 5) is 10.7. The lowest BCUT2D eigenvalue weighted by Gasteiger charge is -2.02. The molecule has 5 heteroatoms. The summed E-state index contributed by atoms with van der Waals surface area (Å²) in [6.07, 6.45) is 0. The molecular weight excluding hydrogens is 183 g/mol. The molecule has 1 rings (SSSR count). The summed E-state index contributed by atoms with van der Waals surface area (Å²) in [6.45, 7) is -1.43. The Morgan fingerprint density at radius 2 is 1.77 bits per heavy atom. The standard InChI is InChI=1S/C8H6F3NO/c9-3-7(13)8-5(10)1-4(12)2-6(8)11/h1-2H,3,12H2. The van der Waals surface area contributed by atoms with Crippen molar-refractivity contribution in [2.24, 2.45) is 0 Å². The van der Waals surface area contributed by atoms with E-state index in [1.807, 2.05) is 0 Å². The predicted octanol–water partition coefficient (Wildman–Crippen LogP) is 1.70. The summed E-state index contributed by atoms with van der Waals surface area (Å²) in [5.74, 6) is -3.50. The Morgan fingerprint density at radius 3 is 2.15 bits per heavy atom. The van der Waals surface area contributed by atoms with Gasteiger partial charge in [0.1, 0.15) is 11.6 Å². The first-order valence-electron chi connectivity index (χ1n) is 3.40. The van der Waals surface area contributed by atoms with Crippen LogP contribution in [0.1, 0.15) is 10.4 Å². The van der Waals surface area contributed by atoms with Crippen molar-refractivity contribution in [3.8, 4) is 0 Å². The number of Topliss-reactive ketones (excluding diaryl/α,β-unsaturated/α-hetero) is 1. The zero-order valence-electron chi connectivity index (χ0n) is 6.48. The molecule has 0 amide bonds. The maximum absolute atomic E-state index is 12.8. The summed E-state index contributed by atoms with van der Waals surface area (Å²) in [6, 6.07) is 1.54. The monoisotopic (exact) mass is 189 g/mol. The number of ketones is 1. The van der Waals surface area contributed by atoms with Gasteiger partial charge in [0, 0.05) is 5.69 Å². The van der Waals surface area contributed by atoms with Crippen LogP contribution in [0, 0.1) is 11.6 Å². The highest BCUT2D eigenvalue weighted by Gasteiger charge is 2.17. The third-order valence-electron chi connectivity index (χ3n) is 1.46. The molecule has 0 heterocycles. The average Bonchev–Trinajstić information content (AvgIpc) is 2.02. The second kappa shape index (κ2) is 3.47. The van der Waals surface area contributed by atoms with E-state index in [-0.39, 0.29) is 5.69 Å². The molecule has 0 aliphatic carbocycles. The zero-order valence-corrected chi connectivity index (χ0v) is 6.48. The Balaban J connectivity index is 3.28. The van der Waals surface area contributed by atoms with Gasteiger partial charge >= 0.3 is 0 Å². The number of alkyl halides is 1. The van der Waals surface area contributed by atoms with Crippen LogP contribution in [-0.4, -0.2) is 12.5 Å². The normalized spacial score (nSPS) is 10.1. The summed E-state index contributed by atoms with van der Waals surface area (Å²) in [5, 5.41) is 0. The molecule has 0 aliphatic rings. The fourth-order valence-corrected chi connectivity index (χ4v) is 0.926. The van der Waals surface area contributed by atoms with Crippen molar-refractivity contribution in [2.45, 2.75) is 0 Å². The van der Waals surface area contributed by atoms with Gasteiger partial charge < -0.3 is 5.73 Å². The molecule has 0 bridgehead atoms. The number of hydrogen-bond acceptors (Lipinski definition) is 2. The maximum Gasteiger partial charge on any atom is 0.199 e. The van der Waals surface area contributed by atoms with Crippen LogP contribution in [0.25, 0.3) is 0 Å². The molecule has 1 aromatic rings. The van der Waals surface area contributed by atoms with Gasteiger partial charge in [0.05, 0.1) is 5.56 Å². The molecular formula is C8H6F3NO. The molecule has 0 aliphatic heterocycles. The van der Waals surface area contributed by atoms with E-state index in [0.717, 1.165) is 12.1 Å². The number of benzene rings is 1. The van der Waals surface area contributed by atoms with Gasteiger partial charge in [-0.05, 0) is 12.1 Å². The molecule has 0 aromatic heterocycles. The van der Waals surface area contributed by atoms with Gasteiger partial charge in [-0.2, -0.15) is 0 Å². The zero-order chi connectivity index (χ0) is 10.0. The van der Waals surface area contributed by atoms with Crippen molar-refractivity contribution in [2.75, 3.05) is 12.4 Å². The van der Waals surface area contributed by atoms with Crippen LogP contribution in [0.5, 0.6) is 0 Å². The van der Waals surface area contributed by atoms with E-state index in [1.165, 1.54) is 0 Å². The Hall–Kier alpha value is -1.52. The van der Waals surface area contributed by atoms with Crippen LogP contribution >= 0.6 is 0 Å². The summed E-state index contributed by atoms with van der Waals surface area (Å²) >= 11 is 0. The Bertz CT molecular complexity index is 328. The first-order valence-corrected chi connectivity index (χ1v) is 3.40. The molecule has 1 aromatic carbocycles. The van der Waals surface area contributed by atoms with Gasteiger partial charge in [0.25, 0.3) is 0 Å². The first kappa shape index (κ1) is 9.57. The lowest BCUT2D eigenvalue weighted by molar-refractivity contribution is 0.0950.